The van der Waals surface area contributed by atoms with Crippen LogP contribution in [0.1, 0.15) is 259 Å². The van der Waals surface area contributed by atoms with Crippen molar-refractivity contribution in [1.82, 2.24) is 0 Å². The summed E-state index contributed by atoms with van der Waals surface area (Å²) in [6.07, 6.45) is 87.9. The molecule has 0 heterocycles. The number of aliphatic hydroxyl groups is 1. The normalized spacial score (nSPS) is 14.9. The van der Waals surface area contributed by atoms with E-state index in [1.165, 1.54) is 51.4 Å². The maximum absolute atomic E-state index is 13.1. The third-order valence-electron chi connectivity index (χ3n) is 14.9. The zero-order valence-electron chi connectivity index (χ0n) is 62.7. The van der Waals surface area contributed by atoms with Crippen LogP contribution in [0.25, 0.3) is 0 Å². The summed E-state index contributed by atoms with van der Waals surface area (Å²) in [5, 5.41) is 10.6. The molecule has 5 unspecified atom stereocenters. The first-order chi connectivity index (χ1) is 49.7. The second kappa shape index (κ2) is 73.5. The summed E-state index contributed by atoms with van der Waals surface area (Å²) in [4.78, 5) is 72.8. The lowest BCUT2D eigenvalue weighted by molar-refractivity contribution is -0.161. The van der Waals surface area contributed by atoms with E-state index in [-0.39, 0.29) is 25.7 Å². The minimum Gasteiger partial charge on any atom is -0.462 e. The molecule has 5 atom stereocenters. The van der Waals surface area contributed by atoms with Crippen LogP contribution in [0.2, 0.25) is 0 Å². The second-order valence-corrected chi connectivity index (χ2v) is 27.4. The van der Waals surface area contributed by atoms with Crippen LogP contribution in [0.15, 0.2) is 182 Å². The van der Waals surface area contributed by atoms with Crippen LogP contribution in [0.5, 0.6) is 0 Å². The summed E-state index contributed by atoms with van der Waals surface area (Å²) < 4.78 is 68.2. The second-order valence-electron chi connectivity index (χ2n) is 24.5. The van der Waals surface area contributed by atoms with E-state index >= 15 is 0 Å². The van der Waals surface area contributed by atoms with Gasteiger partial charge in [0.1, 0.15) is 19.3 Å². The summed E-state index contributed by atoms with van der Waals surface area (Å²) >= 11 is 0. The Bertz CT molecular complexity index is 2650. The zero-order valence-corrected chi connectivity index (χ0v) is 64.5. The molecular formula is C83H132O17P2. The molecule has 0 radical (unpaired) electrons. The smallest absolute Gasteiger partial charge is 0.462 e. The third kappa shape index (κ3) is 72.5. The van der Waals surface area contributed by atoms with Gasteiger partial charge >= 0.3 is 39.5 Å². The van der Waals surface area contributed by atoms with Crippen molar-refractivity contribution in [2.45, 2.75) is 277 Å². The quantitative estimate of drug-likeness (QED) is 0.0169. The fourth-order valence-electron chi connectivity index (χ4n) is 9.25. The molecule has 0 aromatic rings. The number of rotatable bonds is 69. The Kier molecular flexibility index (Phi) is 69.3. The molecule has 0 saturated heterocycles. The lowest BCUT2D eigenvalue weighted by Crippen LogP contribution is -2.30. The summed E-state index contributed by atoms with van der Waals surface area (Å²) in [7, 11) is -10.0. The summed E-state index contributed by atoms with van der Waals surface area (Å²) in [5.41, 5.74) is 0. The maximum Gasteiger partial charge on any atom is 0.472 e. The van der Waals surface area contributed by atoms with Crippen LogP contribution in [0.4, 0.5) is 0 Å². The van der Waals surface area contributed by atoms with Gasteiger partial charge in [0.15, 0.2) is 12.2 Å². The Hall–Kier alpha value is -5.84. The van der Waals surface area contributed by atoms with Gasteiger partial charge in [0.05, 0.1) is 32.8 Å². The molecular weight excluding hydrogens is 1330 g/mol. The topological polar surface area (TPSA) is 237 Å². The Morgan fingerprint density at radius 2 is 0.549 bits per heavy atom. The van der Waals surface area contributed by atoms with Crippen LogP contribution in [0.3, 0.4) is 0 Å². The van der Waals surface area contributed by atoms with E-state index in [0.717, 1.165) is 116 Å². The van der Waals surface area contributed by atoms with Gasteiger partial charge in [-0.25, -0.2) is 9.13 Å². The molecule has 0 aromatic heterocycles. The van der Waals surface area contributed by atoms with Crippen molar-refractivity contribution in [3.63, 3.8) is 0 Å². The number of unbranched alkanes of at least 4 members (excludes halogenated alkanes) is 14. The standard InChI is InChI=1S/C83H132O17P2/c1-5-9-13-17-21-25-29-33-36-38-41-44-47-51-55-59-63-67-80(85)93-73-78(99-82(87)69-65-61-57-53-49-43-32-28-24-20-16-12-8-4)75-97-101(89,90)95-71-77(84)72-96-102(91,92)98-76-79(100-83(88)70-66-62-58-54-50-46-40-35-31-27-23-19-15-11-7-3)74-94-81(86)68-64-60-56-52-48-45-42-39-37-34-30-26-22-18-14-10-6-2/h9-11,13-15,21-23,25-27,33-37,40-42,44-45,50-52,54-56,62,66,77-79,84H,5-8,12,16-20,24,28-32,38-39,43,46-49,53,57-61,63-65,67-76H2,1-4H3,(H,89,90)(H,91,92)/b13-9-,14-10-,15-11-,25-21-,26-22-,27-23-,36-33-,37-34-,40-35-,44-41-,45-42-,54-50-,55-51-,56-52-,66-62-. The van der Waals surface area contributed by atoms with Crippen LogP contribution in [0, 0.1) is 0 Å². The minimum atomic E-state index is -5.02. The summed E-state index contributed by atoms with van der Waals surface area (Å²) in [6, 6.07) is 0. The number of esters is 4. The molecule has 19 heteroatoms. The Labute approximate surface area is 615 Å². The highest BCUT2D eigenvalue weighted by molar-refractivity contribution is 7.47. The molecule has 3 N–H and O–H groups in total. The molecule has 0 aliphatic carbocycles. The predicted molar refractivity (Wildman–Crippen MR) is 417 cm³/mol. The van der Waals surface area contributed by atoms with Gasteiger partial charge in [-0.15, -0.1) is 0 Å². The number of phosphoric acid groups is 2. The van der Waals surface area contributed by atoms with Crippen molar-refractivity contribution < 1.29 is 80.2 Å². The maximum atomic E-state index is 13.1. The molecule has 0 aliphatic rings. The third-order valence-corrected chi connectivity index (χ3v) is 16.8. The van der Waals surface area contributed by atoms with E-state index in [1.54, 1.807) is 12.2 Å². The van der Waals surface area contributed by atoms with Crippen molar-refractivity contribution in [2.24, 2.45) is 0 Å². The Morgan fingerprint density at radius 1 is 0.294 bits per heavy atom. The first-order valence-corrected chi connectivity index (χ1v) is 41.0. The lowest BCUT2D eigenvalue weighted by Gasteiger charge is -2.21. The average Bonchev–Trinajstić information content (AvgIpc) is 0.939. The molecule has 0 fully saturated rings. The molecule has 0 rings (SSSR count). The van der Waals surface area contributed by atoms with Gasteiger partial charge < -0.3 is 33.8 Å². The van der Waals surface area contributed by atoms with Gasteiger partial charge in [0.25, 0.3) is 0 Å². The van der Waals surface area contributed by atoms with Gasteiger partial charge in [-0.1, -0.05) is 287 Å². The van der Waals surface area contributed by atoms with Crippen LogP contribution in [-0.2, 0) is 65.4 Å². The molecule has 0 bridgehead atoms. The molecule has 17 nitrogen and oxygen atoms in total. The van der Waals surface area contributed by atoms with Crippen LogP contribution >= 0.6 is 15.6 Å². The van der Waals surface area contributed by atoms with Gasteiger partial charge in [0.2, 0.25) is 0 Å². The van der Waals surface area contributed by atoms with Crippen LogP contribution < -0.4 is 0 Å². The first kappa shape index (κ1) is 96.2. The van der Waals surface area contributed by atoms with Gasteiger partial charge in [-0.2, -0.15) is 0 Å². The molecule has 102 heavy (non-hydrogen) atoms. The highest BCUT2D eigenvalue weighted by Gasteiger charge is 2.30. The highest BCUT2D eigenvalue weighted by Crippen LogP contribution is 2.45. The number of aliphatic hydroxyl groups excluding tert-OH is 1. The van der Waals surface area contributed by atoms with E-state index in [4.69, 9.17) is 37.0 Å². The molecule has 0 aromatic carbocycles. The Balaban J connectivity index is 5.53. The fourth-order valence-corrected chi connectivity index (χ4v) is 10.8. The van der Waals surface area contributed by atoms with E-state index in [2.05, 4.69) is 161 Å². The summed E-state index contributed by atoms with van der Waals surface area (Å²) in [5.74, 6) is -2.48. The SMILES string of the molecule is CC/C=C\C/C=C\C/C=C\C/C=C\C/C=C\CCCC(=O)OCC(COP(=O)(O)OCC(O)COP(=O)(O)OCC(COC(=O)CCC/C=C\C/C=C\C/C=C\C/C=C\C/C=C\CC)OC(=O)CCCCCCCCCCCCCCC)OC(=O)C/C=C\C/C=C\C/C=C\C/C=C\C/C=C\CC. The highest BCUT2D eigenvalue weighted by atomic mass is 31.2. The van der Waals surface area contributed by atoms with Crippen molar-refractivity contribution in [3.8, 4) is 0 Å². The molecule has 0 spiro atoms. The molecule has 0 aliphatic heterocycles. The van der Waals surface area contributed by atoms with E-state index in [0.29, 0.717) is 38.5 Å². The monoisotopic (exact) mass is 1460 g/mol. The average molecular weight is 1460 g/mol. The summed E-state index contributed by atoms with van der Waals surface area (Å²) in [6.45, 7) is 4.25. The van der Waals surface area contributed by atoms with E-state index < -0.39 is 97.5 Å². The van der Waals surface area contributed by atoms with Gasteiger partial charge in [0, 0.05) is 19.3 Å². The number of allylic oxidation sites excluding steroid dienone is 29. The lowest BCUT2D eigenvalue weighted by atomic mass is 10.0. The van der Waals surface area contributed by atoms with Crippen molar-refractivity contribution in [3.05, 3.63) is 182 Å². The van der Waals surface area contributed by atoms with Crippen molar-refractivity contribution in [1.29, 1.82) is 0 Å². The zero-order chi connectivity index (χ0) is 74.6. The number of carbonyl (C=O) groups excluding carboxylic acids is 4. The van der Waals surface area contributed by atoms with Gasteiger partial charge in [-0.05, 0) is 128 Å². The number of carbonyl (C=O) groups is 4. The van der Waals surface area contributed by atoms with Crippen molar-refractivity contribution in [2.75, 3.05) is 39.6 Å². The number of phosphoric ester groups is 2. The largest absolute Gasteiger partial charge is 0.472 e. The molecule has 576 valence electrons. The number of ether oxygens (including phenoxy) is 4. The molecule has 0 amide bonds. The van der Waals surface area contributed by atoms with Crippen molar-refractivity contribution >= 4 is 39.5 Å². The predicted octanol–water partition coefficient (Wildman–Crippen LogP) is 22.0. The first-order valence-electron chi connectivity index (χ1n) is 38.0. The Morgan fingerprint density at radius 3 is 0.863 bits per heavy atom. The number of hydrogen-bond donors (Lipinski definition) is 3. The van der Waals surface area contributed by atoms with E-state index in [1.807, 2.05) is 36.5 Å². The number of hydrogen-bond acceptors (Lipinski definition) is 15. The van der Waals surface area contributed by atoms with E-state index in [9.17, 15) is 43.2 Å². The van der Waals surface area contributed by atoms with Crippen LogP contribution in [-0.4, -0.2) is 96.7 Å². The molecule has 0 saturated carbocycles. The van der Waals surface area contributed by atoms with Gasteiger partial charge in [-0.3, -0.25) is 37.3 Å². The minimum absolute atomic E-state index is 0.0557. The fraction of sp³-hybridized carbons (Fsp3) is 0.590.